The highest BCUT2D eigenvalue weighted by atomic mass is 16.5. The molecule has 0 spiro atoms. The van der Waals surface area contributed by atoms with Gasteiger partial charge in [-0.15, -0.1) is 0 Å². The van der Waals surface area contributed by atoms with Gasteiger partial charge in [0.25, 0.3) is 0 Å². The molecule has 0 aliphatic heterocycles. The predicted octanol–water partition coefficient (Wildman–Crippen LogP) is 0.279. The lowest BCUT2D eigenvalue weighted by atomic mass is 10.2. The van der Waals surface area contributed by atoms with Crippen LogP contribution in [-0.4, -0.2) is 43.0 Å². The molecule has 0 bridgehead atoms. The highest BCUT2D eigenvalue weighted by Crippen LogP contribution is 2.23. The van der Waals surface area contributed by atoms with E-state index in [4.69, 9.17) is 5.73 Å². The first-order valence-corrected chi connectivity index (χ1v) is 5.72. The van der Waals surface area contributed by atoms with Gasteiger partial charge >= 0.3 is 5.97 Å². The van der Waals surface area contributed by atoms with E-state index in [1.165, 1.54) is 20.0 Å². The monoisotopic (exact) mass is 228 g/mol. The molecule has 16 heavy (non-hydrogen) atoms. The van der Waals surface area contributed by atoms with Crippen LogP contribution in [0.5, 0.6) is 0 Å². The molecule has 1 amide bonds. The van der Waals surface area contributed by atoms with E-state index in [0.29, 0.717) is 19.0 Å². The lowest BCUT2D eigenvalue weighted by Gasteiger charge is -2.26. The minimum atomic E-state index is -0.326. The molecule has 1 rings (SSSR count). The number of amides is 1. The van der Waals surface area contributed by atoms with E-state index in [1.54, 1.807) is 0 Å². The average Bonchev–Trinajstić information content (AvgIpc) is 2.76. The fourth-order valence-electron chi connectivity index (χ4n) is 2.14. The molecule has 0 atom stereocenters. The van der Waals surface area contributed by atoms with Gasteiger partial charge in [0.05, 0.1) is 13.7 Å². The number of ether oxygens (including phenoxy) is 1. The third-order valence-corrected chi connectivity index (χ3v) is 3.05. The molecule has 0 aromatic carbocycles. The van der Waals surface area contributed by atoms with Crippen molar-refractivity contribution in [2.75, 3.05) is 20.2 Å². The summed E-state index contributed by atoms with van der Waals surface area (Å²) in [4.78, 5) is 24.0. The number of methoxy groups -OCH3 is 1. The van der Waals surface area contributed by atoms with Gasteiger partial charge in [0.1, 0.15) is 0 Å². The Labute approximate surface area is 95.9 Å². The van der Waals surface area contributed by atoms with Crippen LogP contribution in [0.3, 0.4) is 0 Å². The van der Waals surface area contributed by atoms with E-state index in [0.717, 1.165) is 12.8 Å². The molecule has 1 saturated carbocycles. The molecule has 1 aliphatic rings. The smallest absolute Gasteiger partial charge is 0.319 e. The Balaban J connectivity index is 2.46. The number of hydrogen-bond donors (Lipinski definition) is 1. The van der Waals surface area contributed by atoms with Gasteiger partial charge in [-0.1, -0.05) is 12.8 Å². The normalized spacial score (nSPS) is 16.6. The summed E-state index contributed by atoms with van der Waals surface area (Å²) in [5, 5.41) is 0. The van der Waals surface area contributed by atoms with Gasteiger partial charge in [0, 0.05) is 19.0 Å². The standard InChI is InChI=1S/C11H20N2O3/c1-16-11(15)8-13(7-6-10(12)14)9-4-2-3-5-9/h9H,2-8H2,1H3,(H2,12,14). The van der Waals surface area contributed by atoms with E-state index < -0.39 is 0 Å². The fourth-order valence-corrected chi connectivity index (χ4v) is 2.14. The summed E-state index contributed by atoms with van der Waals surface area (Å²) in [5.41, 5.74) is 5.12. The van der Waals surface area contributed by atoms with Crippen LogP contribution in [0.15, 0.2) is 0 Å². The SMILES string of the molecule is COC(=O)CN(CCC(N)=O)C1CCCC1. The molecule has 0 heterocycles. The lowest BCUT2D eigenvalue weighted by Crippen LogP contribution is -2.39. The molecule has 2 N–H and O–H groups in total. The lowest BCUT2D eigenvalue weighted by molar-refractivity contribution is -0.142. The predicted molar refractivity (Wildman–Crippen MR) is 59.7 cm³/mol. The van der Waals surface area contributed by atoms with Crippen molar-refractivity contribution in [2.24, 2.45) is 5.73 Å². The van der Waals surface area contributed by atoms with E-state index in [9.17, 15) is 9.59 Å². The average molecular weight is 228 g/mol. The van der Waals surface area contributed by atoms with Crippen LogP contribution >= 0.6 is 0 Å². The van der Waals surface area contributed by atoms with Crippen molar-refractivity contribution < 1.29 is 14.3 Å². The van der Waals surface area contributed by atoms with Crippen molar-refractivity contribution in [2.45, 2.75) is 38.1 Å². The van der Waals surface area contributed by atoms with E-state index >= 15 is 0 Å². The quantitative estimate of drug-likeness (QED) is 0.663. The molecule has 1 aliphatic carbocycles. The maximum atomic E-state index is 11.2. The molecular formula is C11H20N2O3. The molecule has 92 valence electrons. The van der Waals surface area contributed by atoms with Crippen LogP contribution in [-0.2, 0) is 14.3 Å². The van der Waals surface area contributed by atoms with Crippen molar-refractivity contribution in [3.63, 3.8) is 0 Å². The Morgan fingerprint density at radius 1 is 1.38 bits per heavy atom. The fraction of sp³-hybridized carbons (Fsp3) is 0.818. The van der Waals surface area contributed by atoms with Gasteiger partial charge < -0.3 is 10.5 Å². The summed E-state index contributed by atoms with van der Waals surface area (Å²) in [6.45, 7) is 0.809. The second-order valence-electron chi connectivity index (χ2n) is 4.20. The summed E-state index contributed by atoms with van der Waals surface area (Å²) >= 11 is 0. The van der Waals surface area contributed by atoms with Crippen molar-refractivity contribution in [3.8, 4) is 0 Å². The van der Waals surface area contributed by atoms with Gasteiger partial charge in [0.2, 0.25) is 5.91 Å². The first-order chi connectivity index (χ1) is 7.63. The van der Waals surface area contributed by atoms with E-state index in [-0.39, 0.29) is 18.4 Å². The van der Waals surface area contributed by atoms with Crippen molar-refractivity contribution in [1.29, 1.82) is 0 Å². The van der Waals surface area contributed by atoms with E-state index in [1.807, 2.05) is 4.90 Å². The first kappa shape index (κ1) is 13.0. The minimum Gasteiger partial charge on any atom is -0.468 e. The van der Waals surface area contributed by atoms with Crippen LogP contribution in [0.2, 0.25) is 0 Å². The third-order valence-electron chi connectivity index (χ3n) is 3.05. The Morgan fingerprint density at radius 2 is 2.00 bits per heavy atom. The summed E-state index contributed by atoms with van der Waals surface area (Å²) in [7, 11) is 1.38. The number of hydrogen-bond acceptors (Lipinski definition) is 4. The number of carbonyl (C=O) groups is 2. The molecule has 0 saturated heterocycles. The molecule has 5 nitrogen and oxygen atoms in total. The topological polar surface area (TPSA) is 72.6 Å². The summed E-state index contributed by atoms with van der Waals surface area (Å²) < 4.78 is 4.65. The zero-order chi connectivity index (χ0) is 12.0. The molecule has 0 aromatic heterocycles. The third kappa shape index (κ3) is 4.18. The maximum Gasteiger partial charge on any atom is 0.319 e. The molecule has 1 fully saturated rings. The second-order valence-corrected chi connectivity index (χ2v) is 4.20. The van der Waals surface area contributed by atoms with Crippen LogP contribution in [0.25, 0.3) is 0 Å². The molecular weight excluding hydrogens is 208 g/mol. The molecule has 5 heteroatoms. The van der Waals surface area contributed by atoms with Crippen molar-refractivity contribution in [1.82, 2.24) is 4.90 Å². The van der Waals surface area contributed by atoms with Gasteiger partial charge in [-0.2, -0.15) is 0 Å². The highest BCUT2D eigenvalue weighted by Gasteiger charge is 2.24. The van der Waals surface area contributed by atoms with Crippen LogP contribution in [0.1, 0.15) is 32.1 Å². The summed E-state index contributed by atoms with van der Waals surface area (Å²) in [6, 6.07) is 0.401. The summed E-state index contributed by atoms with van der Waals surface area (Å²) in [6.07, 6.45) is 4.87. The Hall–Kier alpha value is -1.10. The summed E-state index contributed by atoms with van der Waals surface area (Å²) in [5.74, 6) is -0.579. The van der Waals surface area contributed by atoms with Crippen LogP contribution in [0.4, 0.5) is 0 Å². The van der Waals surface area contributed by atoms with Gasteiger partial charge in [-0.3, -0.25) is 14.5 Å². The zero-order valence-corrected chi connectivity index (χ0v) is 9.78. The first-order valence-electron chi connectivity index (χ1n) is 5.72. The van der Waals surface area contributed by atoms with Crippen molar-refractivity contribution >= 4 is 11.9 Å². The maximum absolute atomic E-state index is 11.2. The van der Waals surface area contributed by atoms with Gasteiger partial charge in [0.15, 0.2) is 0 Å². The second kappa shape index (κ2) is 6.48. The number of esters is 1. The molecule has 0 unspecified atom stereocenters. The van der Waals surface area contributed by atoms with Crippen molar-refractivity contribution in [3.05, 3.63) is 0 Å². The number of nitrogens with two attached hydrogens (primary N) is 1. The number of carbonyl (C=O) groups excluding carboxylic acids is 2. The highest BCUT2D eigenvalue weighted by molar-refractivity contribution is 5.74. The number of nitrogens with zero attached hydrogens (tertiary/aromatic N) is 1. The number of primary amides is 1. The Bertz CT molecular complexity index is 250. The number of rotatable bonds is 6. The molecule has 0 radical (unpaired) electrons. The minimum absolute atomic E-state index is 0.253. The van der Waals surface area contributed by atoms with E-state index in [2.05, 4.69) is 4.74 Å². The van der Waals surface area contributed by atoms with Gasteiger partial charge in [-0.05, 0) is 12.8 Å². The largest absolute Gasteiger partial charge is 0.468 e. The van der Waals surface area contributed by atoms with Gasteiger partial charge in [-0.25, -0.2) is 0 Å². The zero-order valence-electron chi connectivity index (χ0n) is 9.78. The Kier molecular flexibility index (Phi) is 5.25. The van der Waals surface area contributed by atoms with Crippen LogP contribution < -0.4 is 5.73 Å². The van der Waals surface area contributed by atoms with Crippen LogP contribution in [0, 0.1) is 0 Å². The molecule has 0 aromatic rings. The Morgan fingerprint density at radius 3 is 2.50 bits per heavy atom.